The Hall–Kier alpha value is -1.67. The van der Waals surface area contributed by atoms with Crippen molar-refractivity contribution in [1.29, 1.82) is 0 Å². The van der Waals surface area contributed by atoms with Crippen LogP contribution in [0.25, 0.3) is 0 Å². The van der Waals surface area contributed by atoms with Crippen LogP contribution in [0, 0.1) is 0 Å². The number of pyridine rings is 1. The van der Waals surface area contributed by atoms with Gasteiger partial charge >= 0.3 is 0 Å². The van der Waals surface area contributed by atoms with Gasteiger partial charge in [-0.2, -0.15) is 0 Å². The van der Waals surface area contributed by atoms with Crippen LogP contribution in [0.4, 0.5) is 0 Å². The van der Waals surface area contributed by atoms with Gasteiger partial charge in [-0.15, -0.1) is 0 Å². The quantitative estimate of drug-likeness (QED) is 0.900. The molecule has 2 aromatic rings. The molecule has 0 bridgehead atoms. The number of nitrogens with zero attached hydrogens (tertiary/aromatic N) is 1. The zero-order valence-electron chi connectivity index (χ0n) is 12.0. The second-order valence-electron chi connectivity index (χ2n) is 5.91. The maximum absolute atomic E-state index is 4.02. The Bertz CT molecular complexity index is 495. The monoisotopic (exact) mass is 254 g/mol. The van der Waals surface area contributed by atoms with Gasteiger partial charge in [-0.1, -0.05) is 45.0 Å². The molecule has 1 aromatic carbocycles. The third kappa shape index (κ3) is 4.18. The van der Waals surface area contributed by atoms with E-state index in [0.717, 1.165) is 13.1 Å². The molecule has 1 heterocycles. The van der Waals surface area contributed by atoms with E-state index in [-0.39, 0.29) is 5.41 Å². The number of hydrogen-bond donors (Lipinski definition) is 1. The highest BCUT2D eigenvalue weighted by atomic mass is 14.8. The summed E-state index contributed by atoms with van der Waals surface area (Å²) in [7, 11) is 0. The highest BCUT2D eigenvalue weighted by Gasteiger charge is 2.12. The molecule has 2 nitrogen and oxygen atoms in total. The fourth-order valence-corrected chi connectivity index (χ4v) is 1.97. The number of benzene rings is 1. The Morgan fingerprint density at radius 3 is 1.89 bits per heavy atom. The lowest BCUT2D eigenvalue weighted by Gasteiger charge is -2.19. The number of aromatic nitrogens is 1. The largest absolute Gasteiger partial charge is 0.309 e. The zero-order valence-corrected chi connectivity index (χ0v) is 12.0. The van der Waals surface area contributed by atoms with Gasteiger partial charge in [0, 0.05) is 25.5 Å². The lowest BCUT2D eigenvalue weighted by Crippen LogP contribution is -2.14. The Balaban J connectivity index is 1.87. The van der Waals surface area contributed by atoms with Crippen LogP contribution in [-0.2, 0) is 18.5 Å². The van der Waals surface area contributed by atoms with E-state index in [1.807, 2.05) is 24.5 Å². The fourth-order valence-electron chi connectivity index (χ4n) is 1.97. The molecule has 0 fully saturated rings. The normalized spacial score (nSPS) is 11.5. The summed E-state index contributed by atoms with van der Waals surface area (Å²) in [5.74, 6) is 0. The van der Waals surface area contributed by atoms with E-state index in [9.17, 15) is 0 Å². The third-order valence-electron chi connectivity index (χ3n) is 3.23. The molecular formula is C17H22N2. The molecular weight excluding hydrogens is 232 g/mol. The van der Waals surface area contributed by atoms with Crippen molar-refractivity contribution < 1.29 is 0 Å². The van der Waals surface area contributed by atoms with Crippen molar-refractivity contribution in [3.8, 4) is 0 Å². The molecule has 0 spiro atoms. The molecule has 0 aliphatic heterocycles. The van der Waals surface area contributed by atoms with E-state index in [4.69, 9.17) is 0 Å². The zero-order chi connectivity index (χ0) is 13.7. The molecule has 0 radical (unpaired) electrons. The highest BCUT2D eigenvalue weighted by molar-refractivity contribution is 5.27. The first-order valence-corrected chi connectivity index (χ1v) is 6.75. The van der Waals surface area contributed by atoms with Crippen LogP contribution in [0.1, 0.15) is 37.5 Å². The summed E-state index contributed by atoms with van der Waals surface area (Å²) in [5, 5.41) is 3.45. The first kappa shape index (κ1) is 13.8. The van der Waals surface area contributed by atoms with E-state index < -0.39 is 0 Å². The van der Waals surface area contributed by atoms with Crippen molar-refractivity contribution in [2.75, 3.05) is 0 Å². The van der Waals surface area contributed by atoms with Crippen LogP contribution >= 0.6 is 0 Å². The maximum atomic E-state index is 4.02. The standard InChI is InChI=1S/C17H22N2/c1-17(2,3)16-6-4-14(5-7-16)12-19-13-15-8-10-18-11-9-15/h4-11,19H,12-13H2,1-3H3. The molecule has 0 aliphatic rings. The molecule has 100 valence electrons. The summed E-state index contributed by atoms with van der Waals surface area (Å²) in [6.45, 7) is 8.49. The van der Waals surface area contributed by atoms with Crippen molar-refractivity contribution in [3.63, 3.8) is 0 Å². The van der Waals surface area contributed by atoms with Crippen LogP contribution in [0.5, 0.6) is 0 Å². The van der Waals surface area contributed by atoms with Crippen LogP contribution in [0.3, 0.4) is 0 Å². The summed E-state index contributed by atoms with van der Waals surface area (Å²) < 4.78 is 0. The topological polar surface area (TPSA) is 24.9 Å². The van der Waals surface area contributed by atoms with Crippen molar-refractivity contribution in [3.05, 3.63) is 65.5 Å². The number of nitrogens with one attached hydrogen (secondary N) is 1. The Morgan fingerprint density at radius 2 is 1.37 bits per heavy atom. The first-order chi connectivity index (χ1) is 9.05. The minimum Gasteiger partial charge on any atom is -0.309 e. The van der Waals surface area contributed by atoms with E-state index in [1.54, 1.807) is 0 Å². The minimum absolute atomic E-state index is 0.225. The van der Waals surface area contributed by atoms with Crippen molar-refractivity contribution >= 4 is 0 Å². The maximum Gasteiger partial charge on any atom is 0.0271 e. The smallest absolute Gasteiger partial charge is 0.0271 e. The fraction of sp³-hybridized carbons (Fsp3) is 0.353. The van der Waals surface area contributed by atoms with E-state index >= 15 is 0 Å². The molecule has 1 aromatic heterocycles. The van der Waals surface area contributed by atoms with Gasteiger partial charge in [0.15, 0.2) is 0 Å². The summed E-state index contributed by atoms with van der Waals surface area (Å²) in [5.41, 5.74) is 4.19. The lowest BCUT2D eigenvalue weighted by molar-refractivity contribution is 0.589. The van der Waals surface area contributed by atoms with Gasteiger partial charge < -0.3 is 5.32 Å². The van der Waals surface area contributed by atoms with Crippen molar-refractivity contribution in [1.82, 2.24) is 10.3 Å². The number of rotatable bonds is 4. The lowest BCUT2D eigenvalue weighted by atomic mass is 9.87. The molecule has 2 rings (SSSR count). The van der Waals surface area contributed by atoms with Gasteiger partial charge in [-0.05, 0) is 34.2 Å². The second kappa shape index (κ2) is 5.98. The van der Waals surface area contributed by atoms with E-state index in [0.29, 0.717) is 0 Å². The average Bonchev–Trinajstić information content (AvgIpc) is 2.39. The molecule has 0 atom stereocenters. The summed E-state index contributed by atoms with van der Waals surface area (Å²) in [6.07, 6.45) is 3.66. The second-order valence-corrected chi connectivity index (χ2v) is 5.91. The molecule has 2 heteroatoms. The van der Waals surface area contributed by atoms with Gasteiger partial charge in [-0.25, -0.2) is 0 Å². The summed E-state index contributed by atoms with van der Waals surface area (Å²) in [6, 6.07) is 12.9. The van der Waals surface area contributed by atoms with Crippen LogP contribution in [0.2, 0.25) is 0 Å². The Morgan fingerprint density at radius 1 is 0.842 bits per heavy atom. The average molecular weight is 254 g/mol. The van der Waals surface area contributed by atoms with E-state index in [2.05, 4.69) is 55.3 Å². The summed E-state index contributed by atoms with van der Waals surface area (Å²) >= 11 is 0. The third-order valence-corrected chi connectivity index (χ3v) is 3.23. The van der Waals surface area contributed by atoms with Gasteiger partial charge in [0.2, 0.25) is 0 Å². The molecule has 0 unspecified atom stereocenters. The number of hydrogen-bond acceptors (Lipinski definition) is 2. The molecule has 1 N–H and O–H groups in total. The molecule has 0 aliphatic carbocycles. The van der Waals surface area contributed by atoms with Crippen LogP contribution in [0.15, 0.2) is 48.8 Å². The predicted molar refractivity (Wildman–Crippen MR) is 79.9 cm³/mol. The molecule has 0 amide bonds. The predicted octanol–water partition coefficient (Wildman–Crippen LogP) is 3.67. The SMILES string of the molecule is CC(C)(C)c1ccc(CNCc2ccncc2)cc1. The van der Waals surface area contributed by atoms with Gasteiger partial charge in [0.25, 0.3) is 0 Å². The first-order valence-electron chi connectivity index (χ1n) is 6.75. The Labute approximate surface area is 115 Å². The van der Waals surface area contributed by atoms with Gasteiger partial charge in [0.1, 0.15) is 0 Å². The van der Waals surface area contributed by atoms with Crippen molar-refractivity contribution in [2.45, 2.75) is 39.3 Å². The summed E-state index contributed by atoms with van der Waals surface area (Å²) in [4.78, 5) is 4.02. The van der Waals surface area contributed by atoms with Crippen LogP contribution < -0.4 is 5.32 Å². The Kier molecular flexibility index (Phi) is 4.33. The molecule has 0 saturated heterocycles. The van der Waals surface area contributed by atoms with Gasteiger partial charge in [-0.3, -0.25) is 4.98 Å². The van der Waals surface area contributed by atoms with E-state index in [1.165, 1.54) is 16.7 Å². The highest BCUT2D eigenvalue weighted by Crippen LogP contribution is 2.22. The minimum atomic E-state index is 0.225. The van der Waals surface area contributed by atoms with Crippen molar-refractivity contribution in [2.24, 2.45) is 0 Å². The molecule has 0 saturated carbocycles. The molecule has 19 heavy (non-hydrogen) atoms. The van der Waals surface area contributed by atoms with Gasteiger partial charge in [0.05, 0.1) is 0 Å². The van der Waals surface area contributed by atoms with Crippen LogP contribution in [-0.4, -0.2) is 4.98 Å².